The SMILES string of the molecule is CCCNC(c1cccc(CC)c1)c1ccc(F)cn1. The van der Waals surface area contributed by atoms with Crippen LogP contribution in [-0.4, -0.2) is 11.5 Å². The molecule has 1 unspecified atom stereocenters. The summed E-state index contributed by atoms with van der Waals surface area (Å²) in [5, 5.41) is 3.49. The zero-order valence-corrected chi connectivity index (χ0v) is 12.1. The Labute approximate surface area is 120 Å². The molecule has 0 fully saturated rings. The van der Waals surface area contributed by atoms with E-state index in [9.17, 15) is 4.39 Å². The molecule has 2 aromatic rings. The summed E-state index contributed by atoms with van der Waals surface area (Å²) in [6, 6.07) is 11.7. The highest BCUT2D eigenvalue weighted by Crippen LogP contribution is 2.21. The van der Waals surface area contributed by atoms with Crippen molar-refractivity contribution in [2.45, 2.75) is 32.7 Å². The van der Waals surface area contributed by atoms with E-state index >= 15 is 0 Å². The largest absolute Gasteiger partial charge is 0.305 e. The first-order valence-corrected chi connectivity index (χ1v) is 7.18. The number of nitrogens with one attached hydrogen (secondary N) is 1. The van der Waals surface area contributed by atoms with Crippen LogP contribution in [0.3, 0.4) is 0 Å². The fourth-order valence-corrected chi connectivity index (χ4v) is 2.23. The molecule has 106 valence electrons. The second-order valence-corrected chi connectivity index (χ2v) is 4.89. The maximum Gasteiger partial charge on any atom is 0.141 e. The molecular formula is C17H21FN2. The molecular weight excluding hydrogens is 251 g/mol. The molecule has 2 nitrogen and oxygen atoms in total. The summed E-state index contributed by atoms with van der Waals surface area (Å²) in [6.45, 7) is 5.18. The van der Waals surface area contributed by atoms with Crippen molar-refractivity contribution in [3.8, 4) is 0 Å². The van der Waals surface area contributed by atoms with Gasteiger partial charge in [-0.3, -0.25) is 4.98 Å². The van der Waals surface area contributed by atoms with Crippen LogP contribution in [0.2, 0.25) is 0 Å². The lowest BCUT2D eigenvalue weighted by atomic mass is 9.99. The Morgan fingerprint density at radius 2 is 2.05 bits per heavy atom. The van der Waals surface area contributed by atoms with E-state index in [1.54, 1.807) is 6.07 Å². The van der Waals surface area contributed by atoms with Gasteiger partial charge in [0.25, 0.3) is 0 Å². The number of hydrogen-bond acceptors (Lipinski definition) is 2. The third kappa shape index (κ3) is 3.64. The minimum atomic E-state index is -0.301. The molecule has 1 heterocycles. The summed E-state index contributed by atoms with van der Waals surface area (Å²) in [5.74, 6) is -0.301. The van der Waals surface area contributed by atoms with Gasteiger partial charge in [-0.2, -0.15) is 0 Å². The number of nitrogens with zero attached hydrogens (tertiary/aromatic N) is 1. The standard InChI is InChI=1S/C17H21FN2/c1-3-10-19-17(16-9-8-15(18)12-20-16)14-7-5-6-13(4-2)11-14/h5-9,11-12,17,19H,3-4,10H2,1-2H3. The summed E-state index contributed by atoms with van der Waals surface area (Å²) in [6.07, 6.45) is 3.33. The van der Waals surface area contributed by atoms with Gasteiger partial charge in [0.15, 0.2) is 0 Å². The van der Waals surface area contributed by atoms with Crippen LogP contribution in [0.5, 0.6) is 0 Å². The monoisotopic (exact) mass is 272 g/mol. The van der Waals surface area contributed by atoms with Crippen LogP contribution in [0, 0.1) is 5.82 Å². The fourth-order valence-electron chi connectivity index (χ4n) is 2.23. The highest BCUT2D eigenvalue weighted by atomic mass is 19.1. The third-order valence-corrected chi connectivity index (χ3v) is 3.34. The van der Waals surface area contributed by atoms with Gasteiger partial charge in [0, 0.05) is 0 Å². The van der Waals surface area contributed by atoms with Crippen LogP contribution < -0.4 is 5.32 Å². The van der Waals surface area contributed by atoms with Crippen LogP contribution in [-0.2, 0) is 6.42 Å². The summed E-state index contributed by atoms with van der Waals surface area (Å²) in [4.78, 5) is 4.23. The van der Waals surface area contributed by atoms with Gasteiger partial charge >= 0.3 is 0 Å². The minimum Gasteiger partial charge on any atom is -0.305 e. The van der Waals surface area contributed by atoms with Crippen LogP contribution in [0.1, 0.15) is 43.1 Å². The molecule has 0 aliphatic carbocycles. The summed E-state index contributed by atoms with van der Waals surface area (Å²) in [5.41, 5.74) is 3.33. The molecule has 0 amide bonds. The molecule has 0 saturated carbocycles. The molecule has 20 heavy (non-hydrogen) atoms. The number of pyridine rings is 1. The molecule has 0 aliphatic heterocycles. The lowest BCUT2D eigenvalue weighted by Crippen LogP contribution is -2.24. The van der Waals surface area contributed by atoms with E-state index < -0.39 is 0 Å². The zero-order chi connectivity index (χ0) is 14.4. The number of halogens is 1. The van der Waals surface area contributed by atoms with Crippen molar-refractivity contribution in [1.82, 2.24) is 10.3 Å². The van der Waals surface area contributed by atoms with E-state index in [-0.39, 0.29) is 11.9 Å². The van der Waals surface area contributed by atoms with Crippen LogP contribution >= 0.6 is 0 Å². The smallest absolute Gasteiger partial charge is 0.141 e. The second-order valence-electron chi connectivity index (χ2n) is 4.89. The first kappa shape index (κ1) is 14.7. The first-order valence-electron chi connectivity index (χ1n) is 7.18. The highest BCUT2D eigenvalue weighted by molar-refractivity contribution is 5.31. The Kier molecular flexibility index (Phi) is 5.24. The Morgan fingerprint density at radius 1 is 1.20 bits per heavy atom. The maximum atomic E-state index is 13.0. The molecule has 0 aliphatic rings. The van der Waals surface area contributed by atoms with Crippen molar-refractivity contribution < 1.29 is 4.39 Å². The number of aromatic nitrogens is 1. The van der Waals surface area contributed by atoms with Crippen molar-refractivity contribution in [1.29, 1.82) is 0 Å². The van der Waals surface area contributed by atoms with Crippen molar-refractivity contribution >= 4 is 0 Å². The molecule has 1 N–H and O–H groups in total. The molecule has 1 aromatic carbocycles. The van der Waals surface area contributed by atoms with Crippen LogP contribution in [0.25, 0.3) is 0 Å². The Morgan fingerprint density at radius 3 is 2.70 bits per heavy atom. The Bertz CT molecular complexity index is 537. The van der Waals surface area contributed by atoms with E-state index in [0.29, 0.717) is 0 Å². The molecule has 0 radical (unpaired) electrons. The van der Waals surface area contributed by atoms with E-state index in [2.05, 4.69) is 48.4 Å². The van der Waals surface area contributed by atoms with E-state index in [4.69, 9.17) is 0 Å². The average molecular weight is 272 g/mol. The Hall–Kier alpha value is -1.74. The Balaban J connectivity index is 2.32. The summed E-state index contributed by atoms with van der Waals surface area (Å²) < 4.78 is 13.0. The van der Waals surface area contributed by atoms with Gasteiger partial charge in [-0.15, -0.1) is 0 Å². The van der Waals surface area contributed by atoms with Gasteiger partial charge in [-0.1, -0.05) is 38.1 Å². The van der Waals surface area contributed by atoms with Gasteiger partial charge in [-0.25, -0.2) is 4.39 Å². The molecule has 1 aromatic heterocycles. The van der Waals surface area contributed by atoms with E-state index in [1.165, 1.54) is 23.4 Å². The van der Waals surface area contributed by atoms with Crippen molar-refractivity contribution in [2.24, 2.45) is 0 Å². The predicted molar refractivity (Wildman–Crippen MR) is 80.2 cm³/mol. The predicted octanol–water partition coefficient (Wildman–Crippen LogP) is 3.87. The second kappa shape index (κ2) is 7.15. The lowest BCUT2D eigenvalue weighted by molar-refractivity contribution is 0.576. The van der Waals surface area contributed by atoms with Crippen LogP contribution in [0.15, 0.2) is 42.6 Å². The fraction of sp³-hybridized carbons (Fsp3) is 0.353. The van der Waals surface area contributed by atoms with Crippen molar-refractivity contribution in [3.63, 3.8) is 0 Å². The molecule has 1 atom stereocenters. The average Bonchev–Trinajstić information content (AvgIpc) is 2.49. The number of benzene rings is 1. The topological polar surface area (TPSA) is 24.9 Å². The molecule has 0 saturated heterocycles. The molecule has 0 bridgehead atoms. The zero-order valence-electron chi connectivity index (χ0n) is 12.1. The third-order valence-electron chi connectivity index (χ3n) is 3.34. The molecule has 0 spiro atoms. The first-order chi connectivity index (χ1) is 9.74. The normalized spacial score (nSPS) is 12.3. The van der Waals surface area contributed by atoms with Crippen molar-refractivity contribution in [2.75, 3.05) is 6.54 Å². The van der Waals surface area contributed by atoms with Crippen LogP contribution in [0.4, 0.5) is 4.39 Å². The van der Waals surface area contributed by atoms with Gasteiger partial charge < -0.3 is 5.32 Å². The number of hydrogen-bond donors (Lipinski definition) is 1. The van der Waals surface area contributed by atoms with Gasteiger partial charge in [0.2, 0.25) is 0 Å². The summed E-state index contributed by atoms with van der Waals surface area (Å²) >= 11 is 0. The van der Waals surface area contributed by atoms with E-state index in [0.717, 1.165) is 25.1 Å². The molecule has 2 rings (SSSR count). The summed E-state index contributed by atoms with van der Waals surface area (Å²) in [7, 11) is 0. The van der Waals surface area contributed by atoms with Gasteiger partial charge in [0.1, 0.15) is 5.82 Å². The number of aryl methyl sites for hydroxylation is 1. The number of rotatable bonds is 6. The highest BCUT2D eigenvalue weighted by Gasteiger charge is 2.15. The maximum absolute atomic E-state index is 13.0. The molecule has 3 heteroatoms. The van der Waals surface area contributed by atoms with Crippen molar-refractivity contribution in [3.05, 3.63) is 65.2 Å². The minimum absolute atomic E-state index is 0.0158. The quantitative estimate of drug-likeness (QED) is 0.863. The van der Waals surface area contributed by atoms with Gasteiger partial charge in [-0.05, 0) is 42.6 Å². The van der Waals surface area contributed by atoms with E-state index in [1.807, 2.05) is 0 Å². The lowest BCUT2D eigenvalue weighted by Gasteiger charge is -2.19. The van der Waals surface area contributed by atoms with Gasteiger partial charge in [0.05, 0.1) is 17.9 Å².